The maximum Gasteiger partial charge on any atom is 0.246 e. The van der Waals surface area contributed by atoms with Gasteiger partial charge >= 0.3 is 0 Å². The molecule has 2 aromatic rings. The summed E-state index contributed by atoms with van der Waals surface area (Å²) in [6, 6.07) is 9.59. The maximum absolute atomic E-state index is 12.2. The molecule has 0 unspecified atom stereocenters. The first kappa shape index (κ1) is 17.4. The van der Waals surface area contributed by atoms with Crippen LogP contribution in [0.25, 0.3) is 11.4 Å². The van der Waals surface area contributed by atoms with Crippen molar-refractivity contribution in [3.05, 3.63) is 48.8 Å². The molecule has 7 nitrogen and oxygen atoms in total. The molecule has 1 N–H and O–H groups in total. The first-order chi connectivity index (χ1) is 11.5. The SMILES string of the molecule is C=CC(=O)N(CC)CC(=O)N(C)Cc1nc(-c2ccccc2)n[nH]1. The second-order valence-corrected chi connectivity index (χ2v) is 5.28. The highest BCUT2D eigenvalue weighted by atomic mass is 16.2. The summed E-state index contributed by atoms with van der Waals surface area (Å²) in [7, 11) is 1.67. The molecule has 0 aliphatic heterocycles. The van der Waals surface area contributed by atoms with Crippen molar-refractivity contribution in [2.75, 3.05) is 20.1 Å². The molecule has 0 saturated heterocycles. The van der Waals surface area contributed by atoms with Crippen LogP contribution < -0.4 is 0 Å². The van der Waals surface area contributed by atoms with E-state index in [1.54, 1.807) is 7.05 Å². The molecule has 126 valence electrons. The van der Waals surface area contributed by atoms with E-state index in [0.717, 1.165) is 5.56 Å². The number of benzene rings is 1. The number of hydrogen-bond donors (Lipinski definition) is 1. The zero-order chi connectivity index (χ0) is 17.5. The van der Waals surface area contributed by atoms with E-state index in [0.29, 0.717) is 24.7 Å². The van der Waals surface area contributed by atoms with Gasteiger partial charge in [0, 0.05) is 19.2 Å². The van der Waals surface area contributed by atoms with Gasteiger partial charge in [0.05, 0.1) is 13.1 Å². The maximum atomic E-state index is 12.2. The molecule has 7 heteroatoms. The first-order valence-corrected chi connectivity index (χ1v) is 7.67. The van der Waals surface area contributed by atoms with Crippen molar-refractivity contribution < 1.29 is 9.59 Å². The smallest absolute Gasteiger partial charge is 0.246 e. The van der Waals surface area contributed by atoms with Gasteiger partial charge in [-0.1, -0.05) is 36.9 Å². The number of carbonyl (C=O) groups is 2. The molecule has 0 atom stereocenters. The van der Waals surface area contributed by atoms with E-state index in [2.05, 4.69) is 21.8 Å². The number of nitrogens with one attached hydrogen (secondary N) is 1. The molecule has 0 spiro atoms. The van der Waals surface area contributed by atoms with Crippen LogP contribution in [-0.2, 0) is 16.1 Å². The van der Waals surface area contributed by atoms with Crippen LogP contribution in [-0.4, -0.2) is 56.9 Å². The number of carbonyl (C=O) groups excluding carboxylic acids is 2. The Morgan fingerprint density at radius 2 is 2.00 bits per heavy atom. The summed E-state index contributed by atoms with van der Waals surface area (Å²) in [5.74, 6) is 0.737. The highest BCUT2D eigenvalue weighted by molar-refractivity contribution is 5.90. The van der Waals surface area contributed by atoms with Crippen LogP contribution >= 0.6 is 0 Å². The van der Waals surface area contributed by atoms with E-state index in [1.165, 1.54) is 15.9 Å². The lowest BCUT2D eigenvalue weighted by molar-refractivity contribution is -0.137. The van der Waals surface area contributed by atoms with E-state index >= 15 is 0 Å². The normalized spacial score (nSPS) is 10.2. The first-order valence-electron chi connectivity index (χ1n) is 7.67. The molecule has 0 bridgehead atoms. The molecule has 0 aliphatic rings. The quantitative estimate of drug-likeness (QED) is 0.781. The summed E-state index contributed by atoms with van der Waals surface area (Å²) in [4.78, 5) is 31.2. The number of likely N-dealkylation sites (N-methyl/N-ethyl adjacent to an activating group) is 2. The summed E-state index contributed by atoms with van der Waals surface area (Å²) in [6.45, 7) is 6.01. The van der Waals surface area contributed by atoms with Gasteiger partial charge in [-0.05, 0) is 13.0 Å². The Morgan fingerprint density at radius 3 is 2.62 bits per heavy atom. The van der Waals surface area contributed by atoms with Gasteiger partial charge < -0.3 is 9.80 Å². The van der Waals surface area contributed by atoms with Crippen molar-refractivity contribution in [2.24, 2.45) is 0 Å². The summed E-state index contributed by atoms with van der Waals surface area (Å²) < 4.78 is 0. The Hall–Kier alpha value is -2.96. The molecular weight excluding hydrogens is 306 g/mol. The average Bonchev–Trinajstić information content (AvgIpc) is 3.08. The number of amides is 2. The Balaban J connectivity index is 1.98. The van der Waals surface area contributed by atoms with Gasteiger partial charge in [0.1, 0.15) is 5.82 Å². The summed E-state index contributed by atoms with van der Waals surface area (Å²) in [5.41, 5.74) is 0.905. The van der Waals surface area contributed by atoms with E-state index < -0.39 is 0 Å². The van der Waals surface area contributed by atoms with Crippen LogP contribution in [0.1, 0.15) is 12.7 Å². The van der Waals surface area contributed by atoms with Crippen LogP contribution in [0.3, 0.4) is 0 Å². The van der Waals surface area contributed by atoms with Gasteiger partial charge in [0.2, 0.25) is 11.8 Å². The van der Waals surface area contributed by atoms with Gasteiger partial charge in [0.25, 0.3) is 0 Å². The molecule has 0 radical (unpaired) electrons. The average molecular weight is 327 g/mol. The molecule has 1 aromatic carbocycles. The number of aromatic nitrogens is 3. The predicted molar refractivity (Wildman–Crippen MR) is 90.7 cm³/mol. The third-order valence-corrected chi connectivity index (χ3v) is 3.57. The second kappa shape index (κ2) is 8.05. The largest absolute Gasteiger partial charge is 0.337 e. The minimum Gasteiger partial charge on any atom is -0.337 e. The van der Waals surface area contributed by atoms with Crippen LogP contribution in [0, 0.1) is 0 Å². The molecular formula is C17H21N5O2. The minimum atomic E-state index is -0.259. The third-order valence-electron chi connectivity index (χ3n) is 3.57. The lowest BCUT2D eigenvalue weighted by atomic mass is 10.2. The fraction of sp³-hybridized carbons (Fsp3) is 0.294. The monoisotopic (exact) mass is 327 g/mol. The Labute approximate surface area is 141 Å². The van der Waals surface area contributed by atoms with Gasteiger partial charge in [-0.25, -0.2) is 4.98 Å². The van der Waals surface area contributed by atoms with E-state index in [9.17, 15) is 9.59 Å². The van der Waals surface area contributed by atoms with Crippen molar-refractivity contribution >= 4 is 11.8 Å². The van der Waals surface area contributed by atoms with E-state index in [1.807, 2.05) is 37.3 Å². The number of rotatable bonds is 7. The van der Waals surface area contributed by atoms with Crippen LogP contribution in [0.5, 0.6) is 0 Å². The predicted octanol–water partition coefficient (Wildman–Crippen LogP) is 1.46. The Bertz CT molecular complexity index is 711. The molecule has 1 heterocycles. The fourth-order valence-corrected chi connectivity index (χ4v) is 2.15. The number of nitrogens with zero attached hydrogens (tertiary/aromatic N) is 4. The highest BCUT2D eigenvalue weighted by Gasteiger charge is 2.17. The van der Waals surface area contributed by atoms with Crippen molar-refractivity contribution in [1.82, 2.24) is 25.0 Å². The molecule has 1 aromatic heterocycles. The topological polar surface area (TPSA) is 82.2 Å². The van der Waals surface area contributed by atoms with Crippen LogP contribution in [0.2, 0.25) is 0 Å². The highest BCUT2D eigenvalue weighted by Crippen LogP contribution is 2.13. The molecule has 24 heavy (non-hydrogen) atoms. The van der Waals surface area contributed by atoms with Gasteiger partial charge in [0.15, 0.2) is 5.82 Å². The lowest BCUT2D eigenvalue weighted by Crippen LogP contribution is -2.40. The van der Waals surface area contributed by atoms with Crippen LogP contribution in [0.15, 0.2) is 43.0 Å². The third kappa shape index (κ3) is 4.28. The molecule has 2 amide bonds. The Morgan fingerprint density at radius 1 is 1.29 bits per heavy atom. The second-order valence-electron chi connectivity index (χ2n) is 5.28. The Kier molecular flexibility index (Phi) is 5.83. The molecule has 0 aliphatic carbocycles. The standard InChI is InChI=1S/C17H21N5O2/c1-4-15(23)22(5-2)12-16(24)21(3)11-14-18-17(20-19-14)13-9-7-6-8-10-13/h4,6-10H,1,5,11-12H2,2-3H3,(H,18,19,20). The zero-order valence-electron chi connectivity index (χ0n) is 13.9. The molecule has 0 saturated carbocycles. The number of H-pyrrole nitrogens is 1. The summed E-state index contributed by atoms with van der Waals surface area (Å²) in [5, 5.41) is 7.01. The van der Waals surface area contributed by atoms with E-state index in [-0.39, 0.29) is 18.4 Å². The number of hydrogen-bond acceptors (Lipinski definition) is 4. The fourth-order valence-electron chi connectivity index (χ4n) is 2.15. The van der Waals surface area contributed by atoms with Crippen molar-refractivity contribution in [3.8, 4) is 11.4 Å². The van der Waals surface area contributed by atoms with Crippen molar-refractivity contribution in [1.29, 1.82) is 0 Å². The van der Waals surface area contributed by atoms with Crippen LogP contribution in [0.4, 0.5) is 0 Å². The number of aromatic amines is 1. The van der Waals surface area contributed by atoms with Crippen molar-refractivity contribution in [2.45, 2.75) is 13.5 Å². The van der Waals surface area contributed by atoms with Gasteiger partial charge in [-0.3, -0.25) is 14.7 Å². The molecule has 0 fully saturated rings. The van der Waals surface area contributed by atoms with Gasteiger partial charge in [-0.2, -0.15) is 5.10 Å². The lowest BCUT2D eigenvalue weighted by Gasteiger charge is -2.22. The molecule has 2 rings (SSSR count). The zero-order valence-corrected chi connectivity index (χ0v) is 13.9. The van der Waals surface area contributed by atoms with Crippen molar-refractivity contribution in [3.63, 3.8) is 0 Å². The van der Waals surface area contributed by atoms with Gasteiger partial charge in [-0.15, -0.1) is 0 Å². The summed E-state index contributed by atoms with van der Waals surface area (Å²) in [6.07, 6.45) is 1.21. The summed E-state index contributed by atoms with van der Waals surface area (Å²) >= 11 is 0. The minimum absolute atomic E-state index is 0.0114. The van der Waals surface area contributed by atoms with E-state index in [4.69, 9.17) is 0 Å².